The molecular weight excluding hydrogens is 338 g/mol. The van der Waals surface area contributed by atoms with Gasteiger partial charge in [-0.2, -0.15) is 0 Å². The number of likely N-dealkylation sites (tertiary alicyclic amines) is 1. The number of nitrogens with zero attached hydrogens (tertiary/aromatic N) is 7. The van der Waals surface area contributed by atoms with Gasteiger partial charge >= 0.3 is 0 Å². The predicted molar refractivity (Wildman–Crippen MR) is 104 cm³/mol. The molecule has 3 aliphatic heterocycles. The molecule has 0 N–H and O–H groups in total. The molecule has 0 spiro atoms. The Labute approximate surface area is 160 Å². The van der Waals surface area contributed by atoms with Crippen molar-refractivity contribution in [1.29, 1.82) is 0 Å². The smallest absolute Gasteiger partial charge is 0.147 e. The molecule has 27 heavy (non-hydrogen) atoms. The van der Waals surface area contributed by atoms with Crippen molar-refractivity contribution < 1.29 is 0 Å². The van der Waals surface area contributed by atoms with Gasteiger partial charge in [0, 0.05) is 50.9 Å². The summed E-state index contributed by atoms with van der Waals surface area (Å²) >= 11 is 0. The first-order valence-corrected chi connectivity index (χ1v) is 10.4. The highest BCUT2D eigenvalue weighted by atomic mass is 15.3. The molecule has 0 radical (unpaired) electrons. The summed E-state index contributed by atoms with van der Waals surface area (Å²) in [6.07, 6.45) is 5.32. The van der Waals surface area contributed by atoms with Crippen LogP contribution in [-0.4, -0.2) is 55.8 Å². The van der Waals surface area contributed by atoms with Gasteiger partial charge in [-0.25, -0.2) is 9.97 Å². The van der Waals surface area contributed by atoms with Crippen molar-refractivity contribution in [2.45, 2.75) is 52.1 Å². The monoisotopic (exact) mass is 367 g/mol. The molecule has 7 nitrogen and oxygen atoms in total. The van der Waals surface area contributed by atoms with Crippen LogP contribution in [0.1, 0.15) is 49.9 Å². The Morgan fingerprint density at radius 2 is 1.85 bits per heavy atom. The Morgan fingerprint density at radius 3 is 2.63 bits per heavy atom. The van der Waals surface area contributed by atoms with Gasteiger partial charge in [0.15, 0.2) is 0 Å². The van der Waals surface area contributed by atoms with Crippen LogP contribution in [0.15, 0.2) is 12.4 Å². The maximum absolute atomic E-state index is 4.54. The molecule has 144 valence electrons. The van der Waals surface area contributed by atoms with Crippen molar-refractivity contribution in [2.75, 3.05) is 31.1 Å². The van der Waals surface area contributed by atoms with Gasteiger partial charge in [0.1, 0.15) is 23.8 Å². The van der Waals surface area contributed by atoms with E-state index in [1.165, 1.54) is 24.5 Å². The van der Waals surface area contributed by atoms with Crippen LogP contribution in [-0.2, 0) is 19.5 Å². The maximum Gasteiger partial charge on any atom is 0.147 e. The second-order valence-electron chi connectivity index (χ2n) is 8.72. The quantitative estimate of drug-likeness (QED) is 0.825. The van der Waals surface area contributed by atoms with Gasteiger partial charge in [-0.1, -0.05) is 13.8 Å². The summed E-state index contributed by atoms with van der Waals surface area (Å²) in [5.41, 5.74) is 1.13. The minimum absolute atomic E-state index is 0.443. The molecule has 0 saturated carbocycles. The number of fused-ring (bicyclic) bond motifs is 2. The van der Waals surface area contributed by atoms with Crippen molar-refractivity contribution in [3.63, 3.8) is 0 Å². The van der Waals surface area contributed by atoms with Crippen LogP contribution >= 0.6 is 0 Å². The van der Waals surface area contributed by atoms with Crippen LogP contribution in [0.4, 0.5) is 5.82 Å². The van der Waals surface area contributed by atoms with E-state index in [1.54, 1.807) is 6.33 Å². The molecule has 0 bridgehead atoms. The van der Waals surface area contributed by atoms with E-state index in [-0.39, 0.29) is 0 Å². The molecule has 2 aromatic rings. The molecule has 0 aromatic carbocycles. The van der Waals surface area contributed by atoms with Crippen LogP contribution in [0.3, 0.4) is 0 Å². The fraction of sp³-hybridized carbons (Fsp3) is 0.700. The van der Waals surface area contributed by atoms with Crippen molar-refractivity contribution in [2.24, 2.45) is 11.8 Å². The zero-order valence-corrected chi connectivity index (χ0v) is 16.4. The first-order chi connectivity index (χ1) is 13.2. The van der Waals surface area contributed by atoms with Gasteiger partial charge in [0.05, 0.1) is 6.54 Å². The van der Waals surface area contributed by atoms with Gasteiger partial charge in [-0.3, -0.25) is 4.90 Å². The number of aryl methyl sites for hydroxylation is 1. The lowest BCUT2D eigenvalue weighted by molar-refractivity contribution is 0.293. The van der Waals surface area contributed by atoms with Crippen molar-refractivity contribution in [3.8, 4) is 0 Å². The molecular formula is C20H29N7. The minimum Gasteiger partial charge on any atom is -0.356 e. The van der Waals surface area contributed by atoms with E-state index in [9.17, 15) is 0 Å². The Morgan fingerprint density at radius 1 is 1.04 bits per heavy atom. The summed E-state index contributed by atoms with van der Waals surface area (Å²) in [4.78, 5) is 14.0. The molecule has 5 heterocycles. The third kappa shape index (κ3) is 3.22. The normalized spacial score (nSPS) is 25.2. The Bertz CT molecular complexity index is 800. The second-order valence-corrected chi connectivity index (χ2v) is 8.72. The molecule has 2 atom stereocenters. The zero-order chi connectivity index (χ0) is 18.4. The van der Waals surface area contributed by atoms with Crippen LogP contribution in [0.2, 0.25) is 0 Å². The van der Waals surface area contributed by atoms with E-state index in [4.69, 9.17) is 0 Å². The average molecular weight is 368 g/mol. The topological polar surface area (TPSA) is 63.0 Å². The lowest BCUT2D eigenvalue weighted by Crippen LogP contribution is -2.30. The average Bonchev–Trinajstić information content (AvgIpc) is 3.36. The van der Waals surface area contributed by atoms with Crippen molar-refractivity contribution >= 4 is 5.82 Å². The molecule has 7 heteroatoms. The molecule has 2 aromatic heterocycles. The van der Waals surface area contributed by atoms with Gasteiger partial charge in [-0.15, -0.1) is 10.2 Å². The second kappa shape index (κ2) is 6.86. The Hall–Kier alpha value is -2.02. The lowest BCUT2D eigenvalue weighted by Gasteiger charge is -2.23. The van der Waals surface area contributed by atoms with Gasteiger partial charge < -0.3 is 9.47 Å². The summed E-state index contributed by atoms with van der Waals surface area (Å²) in [7, 11) is 0. The number of anilines is 1. The fourth-order valence-corrected chi connectivity index (χ4v) is 4.94. The molecule has 5 rings (SSSR count). The molecule has 3 aliphatic rings. The van der Waals surface area contributed by atoms with E-state index in [1.807, 2.05) is 0 Å². The van der Waals surface area contributed by atoms with Crippen LogP contribution in [0, 0.1) is 11.8 Å². The third-order valence-corrected chi connectivity index (χ3v) is 6.45. The maximum atomic E-state index is 4.54. The number of hydrogen-bond donors (Lipinski definition) is 0. The molecule has 2 saturated heterocycles. The van der Waals surface area contributed by atoms with Crippen molar-refractivity contribution in [1.82, 2.24) is 29.6 Å². The third-order valence-electron chi connectivity index (χ3n) is 6.45. The summed E-state index contributed by atoms with van der Waals surface area (Å²) in [5, 5.41) is 8.90. The zero-order valence-electron chi connectivity index (χ0n) is 16.4. The fourth-order valence-electron chi connectivity index (χ4n) is 4.94. The first kappa shape index (κ1) is 17.1. The van der Waals surface area contributed by atoms with Gasteiger partial charge in [0.2, 0.25) is 0 Å². The van der Waals surface area contributed by atoms with Gasteiger partial charge in [-0.05, 0) is 30.6 Å². The Balaban J connectivity index is 1.22. The van der Waals surface area contributed by atoms with E-state index >= 15 is 0 Å². The van der Waals surface area contributed by atoms with Crippen LogP contribution in [0.5, 0.6) is 0 Å². The summed E-state index contributed by atoms with van der Waals surface area (Å²) in [6.45, 7) is 10.9. The van der Waals surface area contributed by atoms with E-state index in [0.29, 0.717) is 5.92 Å². The van der Waals surface area contributed by atoms with Crippen LogP contribution < -0.4 is 4.90 Å². The number of aromatic nitrogens is 5. The van der Waals surface area contributed by atoms with E-state index < -0.39 is 0 Å². The van der Waals surface area contributed by atoms with Crippen LogP contribution in [0.25, 0.3) is 0 Å². The van der Waals surface area contributed by atoms with Gasteiger partial charge in [0.25, 0.3) is 0 Å². The van der Waals surface area contributed by atoms with E-state index in [2.05, 4.69) is 54.4 Å². The summed E-state index contributed by atoms with van der Waals surface area (Å²) < 4.78 is 2.36. The molecule has 2 fully saturated rings. The highest BCUT2D eigenvalue weighted by molar-refractivity contribution is 5.41. The first-order valence-electron chi connectivity index (χ1n) is 10.4. The predicted octanol–water partition coefficient (Wildman–Crippen LogP) is 2.10. The lowest BCUT2D eigenvalue weighted by atomic mass is 10.0. The van der Waals surface area contributed by atoms with Crippen molar-refractivity contribution in [3.05, 3.63) is 29.7 Å². The Kier molecular flexibility index (Phi) is 4.34. The molecule has 0 amide bonds. The number of rotatable bonds is 4. The molecule has 0 aliphatic carbocycles. The minimum atomic E-state index is 0.443. The highest BCUT2D eigenvalue weighted by Gasteiger charge is 2.40. The van der Waals surface area contributed by atoms with E-state index in [0.717, 1.165) is 69.0 Å². The summed E-state index contributed by atoms with van der Waals surface area (Å²) in [5.74, 6) is 5.35. The number of hydrogen-bond acceptors (Lipinski definition) is 6. The largest absolute Gasteiger partial charge is 0.356 e. The standard InChI is InChI=1S/C20H29N7/c1-14(2)17-7-19(22-13-21-17)26-10-15-8-25(9-16(15)11-26)12-20-24-23-18-5-3-4-6-27(18)20/h7,13-16H,3-6,8-12H2,1-2H3. The SMILES string of the molecule is CC(C)c1cc(N2CC3CN(Cc4nnc5n4CCCC5)CC3C2)ncn1. The highest BCUT2D eigenvalue weighted by Crippen LogP contribution is 2.34. The summed E-state index contributed by atoms with van der Waals surface area (Å²) in [6, 6.07) is 2.17. The molecule has 2 unspecified atom stereocenters.